The second-order valence-corrected chi connectivity index (χ2v) is 8.86. The van der Waals surface area contributed by atoms with Crippen LogP contribution in [0.2, 0.25) is 0 Å². The first-order valence-corrected chi connectivity index (χ1v) is 9.86. The van der Waals surface area contributed by atoms with Gasteiger partial charge in [0.25, 0.3) is 0 Å². The lowest BCUT2D eigenvalue weighted by molar-refractivity contribution is 0.0476. The second kappa shape index (κ2) is 11.3. The molecule has 0 aromatic carbocycles. The number of alkyl carbamates (subject to hydrolysis) is 1. The number of hydrogen-bond acceptors (Lipinski definition) is 3. The summed E-state index contributed by atoms with van der Waals surface area (Å²) >= 11 is 0. The van der Waals surface area contributed by atoms with E-state index in [1.807, 2.05) is 48.5 Å². The highest BCUT2D eigenvalue weighted by atomic mass is 16.6. The zero-order chi connectivity index (χ0) is 20.5. The lowest BCUT2D eigenvalue weighted by atomic mass is 9.92. The molecule has 154 valence electrons. The van der Waals surface area contributed by atoms with Crippen molar-refractivity contribution >= 4 is 12.2 Å². The number of carbonyl (C=O) groups excluding carboxylic acids is 1. The summed E-state index contributed by atoms with van der Waals surface area (Å²) in [6.07, 6.45) is 2.07. The van der Waals surface area contributed by atoms with Gasteiger partial charge in [0.15, 0.2) is 0 Å². The molecule has 0 heterocycles. The Labute approximate surface area is 159 Å². The summed E-state index contributed by atoms with van der Waals surface area (Å²) in [4.78, 5) is 25.5. The van der Waals surface area contributed by atoms with Crippen molar-refractivity contribution in [3.8, 4) is 0 Å². The van der Waals surface area contributed by atoms with E-state index in [1.54, 1.807) is 0 Å². The van der Waals surface area contributed by atoms with E-state index >= 15 is 0 Å². The number of carbonyl (C=O) groups is 2. The Morgan fingerprint density at radius 3 is 2.12 bits per heavy atom. The maximum Gasteiger partial charge on any atom is 0.407 e. The minimum atomic E-state index is -0.899. The Morgan fingerprint density at radius 2 is 1.73 bits per heavy atom. The average molecular weight is 373 g/mol. The van der Waals surface area contributed by atoms with E-state index in [4.69, 9.17) is 4.74 Å². The average Bonchev–Trinajstić information content (AvgIpc) is 2.45. The highest BCUT2D eigenvalue weighted by molar-refractivity contribution is 5.68. The van der Waals surface area contributed by atoms with E-state index in [0.717, 1.165) is 19.3 Å². The van der Waals surface area contributed by atoms with Crippen LogP contribution >= 0.6 is 0 Å². The zero-order valence-electron chi connectivity index (χ0n) is 18.0. The molecule has 2 N–H and O–H groups in total. The molecule has 0 spiro atoms. The Bertz CT molecular complexity index is 430. The van der Waals surface area contributed by atoms with Crippen LogP contribution in [-0.2, 0) is 4.74 Å². The molecule has 6 nitrogen and oxygen atoms in total. The molecule has 2 amide bonds. The lowest BCUT2D eigenvalue weighted by Gasteiger charge is -2.36. The number of hydrogen-bond donors (Lipinski definition) is 2. The number of carboxylic acid groups (broad SMARTS) is 1. The molecule has 26 heavy (non-hydrogen) atoms. The predicted octanol–water partition coefficient (Wildman–Crippen LogP) is 5.12. The van der Waals surface area contributed by atoms with Crippen LogP contribution in [0.1, 0.15) is 81.1 Å². The minimum Gasteiger partial charge on any atom is -0.465 e. The van der Waals surface area contributed by atoms with Crippen molar-refractivity contribution < 1.29 is 19.4 Å². The van der Waals surface area contributed by atoms with Crippen LogP contribution in [0.3, 0.4) is 0 Å². The summed E-state index contributed by atoms with van der Waals surface area (Å²) in [5.41, 5.74) is -0.554. The van der Waals surface area contributed by atoms with Crippen LogP contribution in [0, 0.1) is 11.8 Å². The molecule has 0 saturated carbocycles. The van der Waals surface area contributed by atoms with Gasteiger partial charge in [0.1, 0.15) is 5.60 Å². The molecule has 0 aliphatic carbocycles. The van der Waals surface area contributed by atoms with Gasteiger partial charge in [0.2, 0.25) is 0 Å². The number of unbranched alkanes of at least 4 members (excludes halogenated alkanes) is 1. The number of nitrogens with one attached hydrogen (secondary N) is 1. The van der Waals surface area contributed by atoms with Gasteiger partial charge >= 0.3 is 12.2 Å². The summed E-state index contributed by atoms with van der Waals surface area (Å²) < 4.78 is 5.38. The van der Waals surface area contributed by atoms with Crippen molar-refractivity contribution in [1.82, 2.24) is 10.2 Å². The first kappa shape index (κ1) is 24.5. The summed E-state index contributed by atoms with van der Waals surface area (Å²) in [6, 6.07) is -0.252. The van der Waals surface area contributed by atoms with E-state index in [9.17, 15) is 14.7 Å². The maximum atomic E-state index is 12.2. The monoisotopic (exact) mass is 372 g/mol. The number of amides is 2. The van der Waals surface area contributed by atoms with E-state index in [-0.39, 0.29) is 23.9 Å². The van der Waals surface area contributed by atoms with Crippen molar-refractivity contribution in [2.75, 3.05) is 6.54 Å². The van der Waals surface area contributed by atoms with Crippen molar-refractivity contribution in [2.45, 2.75) is 98.8 Å². The molecule has 2 atom stereocenters. The summed E-state index contributed by atoms with van der Waals surface area (Å²) in [6.45, 7) is 16.2. The van der Waals surface area contributed by atoms with Crippen molar-refractivity contribution in [3.63, 3.8) is 0 Å². The van der Waals surface area contributed by atoms with Gasteiger partial charge in [0.05, 0.1) is 0 Å². The molecule has 0 rings (SSSR count). The highest BCUT2D eigenvalue weighted by Crippen LogP contribution is 2.21. The number of nitrogens with zero attached hydrogens (tertiary/aromatic N) is 1. The fourth-order valence-corrected chi connectivity index (χ4v) is 2.97. The van der Waals surface area contributed by atoms with Gasteiger partial charge in [-0.1, -0.05) is 47.5 Å². The highest BCUT2D eigenvalue weighted by Gasteiger charge is 2.30. The smallest absolute Gasteiger partial charge is 0.407 e. The van der Waals surface area contributed by atoms with Gasteiger partial charge in [-0.05, 0) is 45.4 Å². The molecule has 0 saturated heterocycles. The summed E-state index contributed by atoms with van der Waals surface area (Å²) in [7, 11) is 0. The molecular formula is C20H40N2O4. The molecule has 0 aliphatic rings. The molecular weight excluding hydrogens is 332 g/mol. The van der Waals surface area contributed by atoms with Crippen molar-refractivity contribution in [3.05, 3.63) is 0 Å². The molecule has 1 unspecified atom stereocenters. The Kier molecular flexibility index (Phi) is 10.7. The fourth-order valence-electron chi connectivity index (χ4n) is 2.97. The molecule has 0 fully saturated rings. The van der Waals surface area contributed by atoms with Gasteiger partial charge in [-0.25, -0.2) is 9.59 Å². The first-order chi connectivity index (χ1) is 11.9. The molecule has 6 heteroatoms. The van der Waals surface area contributed by atoms with Crippen LogP contribution in [0.25, 0.3) is 0 Å². The lowest BCUT2D eigenvalue weighted by Crippen LogP contribution is -2.49. The third kappa shape index (κ3) is 10.5. The van der Waals surface area contributed by atoms with E-state index in [1.165, 1.54) is 4.90 Å². The quantitative estimate of drug-likeness (QED) is 0.558. The summed E-state index contributed by atoms with van der Waals surface area (Å²) in [5, 5.41) is 12.6. The molecule has 0 aliphatic heterocycles. The van der Waals surface area contributed by atoms with Crippen molar-refractivity contribution in [1.29, 1.82) is 0 Å². The standard InChI is InChI=1S/C20H40N2O4/c1-9-10-11-16(21-18(23)26-20(6,7)8)12-17(15(4)5)22(19(24)25)13-14(2)3/h14-17H,9-13H2,1-8H3,(H,21,23)(H,24,25)/t16-,17?/m0/s1. The van der Waals surface area contributed by atoms with Crippen LogP contribution in [0.5, 0.6) is 0 Å². The fraction of sp³-hybridized carbons (Fsp3) is 0.900. The van der Waals surface area contributed by atoms with Crippen LogP contribution in [0.4, 0.5) is 9.59 Å². The molecule has 0 aromatic rings. The third-order valence-electron chi connectivity index (χ3n) is 4.13. The maximum absolute atomic E-state index is 12.2. The van der Waals surface area contributed by atoms with Gasteiger partial charge in [-0.3, -0.25) is 0 Å². The second-order valence-electron chi connectivity index (χ2n) is 8.86. The van der Waals surface area contributed by atoms with Gasteiger partial charge in [-0.15, -0.1) is 0 Å². The van der Waals surface area contributed by atoms with E-state index in [2.05, 4.69) is 12.2 Å². The molecule has 0 aromatic heterocycles. The van der Waals surface area contributed by atoms with Crippen molar-refractivity contribution in [2.24, 2.45) is 11.8 Å². The predicted molar refractivity (Wildman–Crippen MR) is 105 cm³/mol. The number of rotatable bonds is 10. The zero-order valence-corrected chi connectivity index (χ0v) is 18.0. The Balaban J connectivity index is 5.24. The topological polar surface area (TPSA) is 78.9 Å². The number of ether oxygens (including phenoxy) is 1. The van der Waals surface area contributed by atoms with Crippen LogP contribution < -0.4 is 5.32 Å². The van der Waals surface area contributed by atoms with Crippen LogP contribution in [0.15, 0.2) is 0 Å². The van der Waals surface area contributed by atoms with Gasteiger partial charge in [0, 0.05) is 18.6 Å². The summed E-state index contributed by atoms with van der Waals surface area (Å²) in [5.74, 6) is 0.412. The van der Waals surface area contributed by atoms with E-state index in [0.29, 0.717) is 13.0 Å². The van der Waals surface area contributed by atoms with Crippen LogP contribution in [-0.4, -0.2) is 46.4 Å². The molecule has 0 radical (unpaired) electrons. The SMILES string of the molecule is CCCC[C@@H](CC(C(C)C)N(CC(C)C)C(=O)O)NC(=O)OC(C)(C)C. The third-order valence-corrected chi connectivity index (χ3v) is 4.13. The minimum absolute atomic E-state index is 0.105. The first-order valence-electron chi connectivity index (χ1n) is 9.86. The van der Waals surface area contributed by atoms with Gasteiger partial charge in [-0.2, -0.15) is 0 Å². The Morgan fingerprint density at radius 1 is 1.15 bits per heavy atom. The molecule has 0 bridgehead atoms. The Hall–Kier alpha value is -1.46. The normalized spacial score (nSPS) is 14.2. The largest absolute Gasteiger partial charge is 0.465 e. The van der Waals surface area contributed by atoms with E-state index < -0.39 is 17.8 Å². The van der Waals surface area contributed by atoms with Gasteiger partial charge < -0.3 is 20.1 Å².